The summed E-state index contributed by atoms with van der Waals surface area (Å²) >= 11 is 0. The number of nitrogens with one attached hydrogen (secondary N) is 2. The average molecular weight is 428 g/mol. The van der Waals surface area contributed by atoms with Crippen LogP contribution >= 0.6 is 0 Å². The molecular formula is C21H35F2N5O2. The molecule has 1 aromatic rings. The molecule has 0 aliphatic carbocycles. The molecule has 2 atom stereocenters. The Morgan fingerprint density at radius 1 is 1.13 bits per heavy atom. The average Bonchev–Trinajstić information content (AvgIpc) is 2.75. The van der Waals surface area contributed by atoms with Crippen LogP contribution in [0.3, 0.4) is 0 Å². The molecule has 2 unspecified atom stereocenters. The summed E-state index contributed by atoms with van der Waals surface area (Å²) in [6.45, 7) is 10.5. The Morgan fingerprint density at radius 2 is 1.80 bits per heavy atom. The lowest BCUT2D eigenvalue weighted by Crippen LogP contribution is -2.50. The van der Waals surface area contributed by atoms with E-state index in [1.54, 1.807) is 12.1 Å². The number of nitrogens with zero attached hydrogens (tertiary/aromatic N) is 3. The molecule has 3 N–H and O–H groups in total. The van der Waals surface area contributed by atoms with Gasteiger partial charge < -0.3 is 25.4 Å². The van der Waals surface area contributed by atoms with Crippen LogP contribution in [-0.2, 0) is 0 Å². The van der Waals surface area contributed by atoms with Gasteiger partial charge >= 0.3 is 6.61 Å². The highest BCUT2D eigenvalue weighted by Gasteiger charge is 2.20. The summed E-state index contributed by atoms with van der Waals surface area (Å²) in [5.74, 6) is 0.714. The number of rotatable bonds is 10. The van der Waals surface area contributed by atoms with Gasteiger partial charge in [-0.1, -0.05) is 19.1 Å². The van der Waals surface area contributed by atoms with Gasteiger partial charge in [0, 0.05) is 45.3 Å². The van der Waals surface area contributed by atoms with Crippen molar-refractivity contribution in [3.05, 3.63) is 29.8 Å². The maximum absolute atomic E-state index is 12.2. The van der Waals surface area contributed by atoms with Gasteiger partial charge in [0.1, 0.15) is 5.75 Å². The van der Waals surface area contributed by atoms with E-state index in [2.05, 4.69) is 44.0 Å². The lowest BCUT2D eigenvalue weighted by molar-refractivity contribution is -0.0498. The van der Waals surface area contributed by atoms with Crippen LogP contribution < -0.4 is 15.4 Å². The van der Waals surface area contributed by atoms with Gasteiger partial charge in [0.05, 0.1) is 12.6 Å². The van der Waals surface area contributed by atoms with Crippen molar-refractivity contribution < 1.29 is 18.6 Å². The standard InChI is InChI=1S/C21H35F2N5O2/c1-4-24-21(25-14-16(3)28-12-10-27(5-2)11-13-28)26-15-19(29)17-6-8-18(9-7-17)30-20(22)23/h6-9,16,19-20,29H,4-5,10-15H2,1-3H3,(H2,24,25,26). The van der Waals surface area contributed by atoms with E-state index >= 15 is 0 Å². The van der Waals surface area contributed by atoms with Crippen LogP contribution in [0.4, 0.5) is 8.78 Å². The van der Waals surface area contributed by atoms with Crippen molar-refractivity contribution >= 4 is 5.96 Å². The third kappa shape index (κ3) is 8.04. The molecule has 0 saturated carbocycles. The zero-order valence-corrected chi connectivity index (χ0v) is 18.2. The van der Waals surface area contributed by atoms with E-state index in [4.69, 9.17) is 0 Å². The molecule has 7 nitrogen and oxygen atoms in total. The van der Waals surface area contributed by atoms with Crippen LogP contribution in [0, 0.1) is 0 Å². The number of piperazine rings is 1. The molecule has 30 heavy (non-hydrogen) atoms. The second kappa shape index (κ2) is 12.7. The van der Waals surface area contributed by atoms with Gasteiger partial charge in [0.2, 0.25) is 0 Å². The quantitative estimate of drug-likeness (QED) is 0.391. The van der Waals surface area contributed by atoms with Crippen LogP contribution in [-0.4, -0.2) is 85.9 Å². The van der Waals surface area contributed by atoms with Crippen molar-refractivity contribution in [3.8, 4) is 5.75 Å². The third-order valence-corrected chi connectivity index (χ3v) is 5.29. The summed E-state index contributed by atoms with van der Waals surface area (Å²) < 4.78 is 28.8. The smallest absolute Gasteiger partial charge is 0.387 e. The Balaban J connectivity index is 1.83. The van der Waals surface area contributed by atoms with E-state index in [-0.39, 0.29) is 12.3 Å². The summed E-state index contributed by atoms with van der Waals surface area (Å²) in [4.78, 5) is 9.57. The molecule has 1 heterocycles. The number of alkyl halides is 2. The van der Waals surface area contributed by atoms with Crippen LogP contribution in [0.1, 0.15) is 32.4 Å². The molecule has 1 fully saturated rings. The first-order chi connectivity index (χ1) is 14.4. The van der Waals surface area contributed by atoms with Gasteiger partial charge in [-0.3, -0.25) is 9.89 Å². The molecule has 0 radical (unpaired) electrons. The summed E-state index contributed by atoms with van der Waals surface area (Å²) in [6, 6.07) is 6.33. The minimum atomic E-state index is -2.86. The molecule has 1 saturated heterocycles. The van der Waals surface area contributed by atoms with Crippen LogP contribution in [0.25, 0.3) is 0 Å². The number of aliphatic imine (C=N–C) groups is 1. The van der Waals surface area contributed by atoms with E-state index in [1.807, 2.05) is 6.92 Å². The van der Waals surface area contributed by atoms with Gasteiger partial charge in [0.15, 0.2) is 5.96 Å². The number of aliphatic hydroxyl groups excluding tert-OH is 1. The molecule has 0 amide bonds. The summed E-state index contributed by atoms with van der Waals surface area (Å²) in [6.07, 6.45) is -0.797. The molecule has 9 heteroatoms. The summed E-state index contributed by atoms with van der Waals surface area (Å²) in [7, 11) is 0. The number of aliphatic hydroxyl groups is 1. The van der Waals surface area contributed by atoms with Gasteiger partial charge in [-0.2, -0.15) is 8.78 Å². The largest absolute Gasteiger partial charge is 0.435 e. The lowest BCUT2D eigenvalue weighted by atomic mass is 10.1. The number of ether oxygens (including phenoxy) is 1. The van der Waals surface area contributed by atoms with E-state index in [9.17, 15) is 13.9 Å². The maximum atomic E-state index is 12.2. The van der Waals surface area contributed by atoms with Crippen molar-refractivity contribution in [2.24, 2.45) is 4.99 Å². The highest BCUT2D eigenvalue weighted by molar-refractivity contribution is 5.79. The van der Waals surface area contributed by atoms with Crippen LogP contribution in [0.2, 0.25) is 0 Å². The van der Waals surface area contributed by atoms with Crippen LogP contribution in [0.5, 0.6) is 5.75 Å². The molecule has 1 aliphatic rings. The highest BCUT2D eigenvalue weighted by Crippen LogP contribution is 2.19. The van der Waals surface area contributed by atoms with Crippen molar-refractivity contribution in [2.75, 3.05) is 52.4 Å². The molecule has 170 valence electrons. The molecule has 0 bridgehead atoms. The first kappa shape index (κ1) is 24.3. The Kier molecular flexibility index (Phi) is 10.3. The SMILES string of the molecule is CCNC(=NCC(C)N1CCN(CC)CC1)NCC(O)c1ccc(OC(F)F)cc1. The first-order valence-electron chi connectivity index (χ1n) is 10.6. The molecule has 0 spiro atoms. The topological polar surface area (TPSA) is 72.4 Å². The minimum Gasteiger partial charge on any atom is -0.435 e. The van der Waals surface area contributed by atoms with E-state index in [1.165, 1.54) is 12.1 Å². The van der Waals surface area contributed by atoms with E-state index < -0.39 is 12.7 Å². The Labute approximate surface area is 178 Å². The molecule has 2 rings (SSSR count). The Hall–Kier alpha value is -1.97. The van der Waals surface area contributed by atoms with Crippen molar-refractivity contribution in [1.29, 1.82) is 0 Å². The van der Waals surface area contributed by atoms with Crippen LogP contribution in [0.15, 0.2) is 29.3 Å². The number of likely N-dealkylation sites (N-methyl/N-ethyl adjacent to an activating group) is 1. The molecule has 1 aliphatic heterocycles. The van der Waals surface area contributed by atoms with Crippen molar-refractivity contribution in [3.63, 3.8) is 0 Å². The molecule has 1 aromatic carbocycles. The number of hydrogen-bond acceptors (Lipinski definition) is 5. The van der Waals surface area contributed by atoms with Gasteiger partial charge in [-0.25, -0.2) is 0 Å². The zero-order chi connectivity index (χ0) is 21.9. The second-order valence-electron chi connectivity index (χ2n) is 7.38. The maximum Gasteiger partial charge on any atom is 0.387 e. The minimum absolute atomic E-state index is 0.0672. The van der Waals surface area contributed by atoms with E-state index in [0.717, 1.165) is 32.7 Å². The van der Waals surface area contributed by atoms with Crippen molar-refractivity contribution in [2.45, 2.75) is 39.5 Å². The fraction of sp³-hybridized carbons (Fsp3) is 0.667. The lowest BCUT2D eigenvalue weighted by Gasteiger charge is -2.37. The molecule has 0 aromatic heterocycles. The second-order valence-corrected chi connectivity index (χ2v) is 7.38. The summed E-state index contributed by atoms with van der Waals surface area (Å²) in [5.41, 5.74) is 0.613. The normalized spacial score (nSPS) is 18.3. The van der Waals surface area contributed by atoms with Gasteiger partial charge in [-0.15, -0.1) is 0 Å². The fourth-order valence-electron chi connectivity index (χ4n) is 3.38. The Bertz CT molecular complexity index is 637. The number of hydrogen-bond donors (Lipinski definition) is 3. The third-order valence-electron chi connectivity index (χ3n) is 5.29. The fourth-order valence-corrected chi connectivity index (χ4v) is 3.38. The predicted octanol–water partition coefficient (Wildman–Crippen LogP) is 1.90. The predicted molar refractivity (Wildman–Crippen MR) is 115 cm³/mol. The Morgan fingerprint density at radius 3 is 2.37 bits per heavy atom. The van der Waals surface area contributed by atoms with Gasteiger partial charge in [0.25, 0.3) is 0 Å². The number of benzene rings is 1. The van der Waals surface area contributed by atoms with Crippen molar-refractivity contribution in [1.82, 2.24) is 20.4 Å². The monoisotopic (exact) mass is 427 g/mol. The summed E-state index contributed by atoms with van der Waals surface area (Å²) in [5, 5.41) is 16.7. The number of halogens is 2. The first-order valence-corrected chi connectivity index (χ1v) is 10.6. The van der Waals surface area contributed by atoms with Gasteiger partial charge in [-0.05, 0) is 38.1 Å². The highest BCUT2D eigenvalue weighted by atomic mass is 19.3. The number of guanidine groups is 1. The zero-order valence-electron chi connectivity index (χ0n) is 18.2. The molecular weight excluding hydrogens is 392 g/mol. The van der Waals surface area contributed by atoms with E-state index in [0.29, 0.717) is 30.7 Å².